The van der Waals surface area contributed by atoms with Gasteiger partial charge in [0.15, 0.2) is 17.0 Å². The first-order valence-electron chi connectivity index (χ1n) is 10.2. The molecule has 0 saturated carbocycles. The fraction of sp³-hybridized carbons (Fsp3) is 0.476. The molecule has 0 radical (unpaired) electrons. The number of anilines is 1. The number of piperazine rings is 1. The molecule has 1 saturated heterocycles. The largest absolute Gasteiger partial charge is 0.494 e. The zero-order valence-corrected chi connectivity index (χ0v) is 17.9. The van der Waals surface area contributed by atoms with Gasteiger partial charge in [0.1, 0.15) is 12.1 Å². The smallest absolute Gasteiger partial charge is 0.228 e. The quantitative estimate of drug-likeness (QED) is 0.653. The zero-order valence-electron chi connectivity index (χ0n) is 17.9. The Bertz CT molecular complexity index is 1030. The van der Waals surface area contributed by atoms with Crippen LogP contribution in [0.4, 0.5) is 5.82 Å². The van der Waals surface area contributed by atoms with Crippen molar-refractivity contribution in [3.63, 3.8) is 0 Å². The molecule has 9 nitrogen and oxygen atoms in total. The van der Waals surface area contributed by atoms with Crippen molar-refractivity contribution >= 4 is 22.9 Å². The number of hydrogen-bond donors (Lipinski definition) is 0. The molecule has 30 heavy (non-hydrogen) atoms. The average Bonchev–Trinajstić information content (AvgIpc) is 3.18. The summed E-state index contributed by atoms with van der Waals surface area (Å²) in [7, 11) is 0. The molecule has 1 amide bonds. The number of hydrogen-bond acceptors (Lipinski definition) is 7. The van der Waals surface area contributed by atoms with E-state index in [1.54, 1.807) is 11.0 Å². The molecule has 1 aromatic carbocycles. The van der Waals surface area contributed by atoms with Crippen LogP contribution in [0.1, 0.15) is 27.7 Å². The van der Waals surface area contributed by atoms with E-state index < -0.39 is 0 Å². The molecule has 3 heterocycles. The number of benzene rings is 1. The minimum atomic E-state index is -0.370. The van der Waals surface area contributed by atoms with Crippen molar-refractivity contribution < 1.29 is 9.53 Å². The van der Waals surface area contributed by atoms with Crippen LogP contribution in [0, 0.1) is 5.41 Å². The summed E-state index contributed by atoms with van der Waals surface area (Å²) in [5.41, 5.74) is 1.79. The monoisotopic (exact) mass is 409 g/mol. The lowest BCUT2D eigenvalue weighted by atomic mass is 9.94. The van der Waals surface area contributed by atoms with Crippen LogP contribution in [0.15, 0.2) is 30.6 Å². The maximum Gasteiger partial charge on any atom is 0.228 e. The fourth-order valence-electron chi connectivity index (χ4n) is 3.59. The lowest BCUT2D eigenvalue weighted by Crippen LogP contribution is -2.51. The molecule has 0 unspecified atom stereocenters. The molecular weight excluding hydrogens is 382 g/mol. The van der Waals surface area contributed by atoms with Crippen molar-refractivity contribution in [2.75, 3.05) is 37.7 Å². The van der Waals surface area contributed by atoms with E-state index >= 15 is 0 Å². The summed E-state index contributed by atoms with van der Waals surface area (Å²) in [6.07, 6.45) is 1.54. The minimum absolute atomic E-state index is 0.177. The summed E-state index contributed by atoms with van der Waals surface area (Å²) in [5, 5.41) is 8.66. The Morgan fingerprint density at radius 3 is 2.40 bits per heavy atom. The molecule has 2 aromatic heterocycles. The normalized spacial score (nSPS) is 14.9. The molecule has 158 valence electrons. The topological polar surface area (TPSA) is 89.3 Å². The molecule has 4 rings (SSSR count). The molecule has 1 fully saturated rings. The lowest BCUT2D eigenvalue weighted by Gasteiger charge is -2.38. The molecular formula is C21H27N7O2. The Morgan fingerprint density at radius 2 is 1.77 bits per heavy atom. The van der Waals surface area contributed by atoms with E-state index in [1.165, 1.54) is 0 Å². The van der Waals surface area contributed by atoms with Crippen molar-refractivity contribution in [1.29, 1.82) is 0 Å². The fourth-order valence-corrected chi connectivity index (χ4v) is 3.59. The highest BCUT2D eigenvalue weighted by molar-refractivity contribution is 5.84. The molecule has 0 spiro atoms. The number of fused-ring (bicyclic) bond motifs is 1. The first-order chi connectivity index (χ1) is 14.4. The van der Waals surface area contributed by atoms with Crippen molar-refractivity contribution in [2.24, 2.45) is 5.41 Å². The standard InChI is InChI=1S/C21H27N7O2/c1-5-30-16-8-6-15(7-9-16)28-19-17(24-25-28)18(22-14-23-19)26-10-12-27(13-11-26)20(29)21(2,3)4/h6-9,14H,5,10-13H2,1-4H3. The van der Waals surface area contributed by atoms with E-state index in [9.17, 15) is 4.79 Å². The highest BCUT2D eigenvalue weighted by Gasteiger charge is 2.30. The maximum atomic E-state index is 12.5. The molecule has 1 aliphatic heterocycles. The molecule has 3 aromatic rings. The number of aromatic nitrogens is 5. The number of amides is 1. The Balaban J connectivity index is 1.56. The first-order valence-corrected chi connectivity index (χ1v) is 10.2. The van der Waals surface area contributed by atoms with Gasteiger partial charge in [0.25, 0.3) is 0 Å². The van der Waals surface area contributed by atoms with Crippen LogP contribution in [0.25, 0.3) is 16.9 Å². The average molecular weight is 409 g/mol. The van der Waals surface area contributed by atoms with Gasteiger partial charge in [-0.25, -0.2) is 9.97 Å². The molecule has 0 N–H and O–H groups in total. The molecule has 0 atom stereocenters. The second kappa shape index (κ2) is 7.89. The van der Waals surface area contributed by atoms with Crippen LogP contribution in [0.2, 0.25) is 0 Å². The van der Waals surface area contributed by atoms with E-state index in [-0.39, 0.29) is 11.3 Å². The Labute approximate surface area is 175 Å². The highest BCUT2D eigenvalue weighted by atomic mass is 16.5. The first kappa shape index (κ1) is 20.1. The Kier molecular flexibility index (Phi) is 5.27. The second-order valence-corrected chi connectivity index (χ2v) is 8.33. The predicted molar refractivity (Wildman–Crippen MR) is 114 cm³/mol. The summed E-state index contributed by atoms with van der Waals surface area (Å²) < 4.78 is 7.21. The van der Waals surface area contributed by atoms with Crippen molar-refractivity contribution in [2.45, 2.75) is 27.7 Å². The van der Waals surface area contributed by atoms with E-state index in [0.29, 0.717) is 43.9 Å². The summed E-state index contributed by atoms with van der Waals surface area (Å²) in [6, 6.07) is 7.66. The van der Waals surface area contributed by atoms with Crippen LogP contribution in [0.5, 0.6) is 5.75 Å². The highest BCUT2D eigenvalue weighted by Crippen LogP contribution is 2.25. The molecule has 1 aliphatic rings. The van der Waals surface area contributed by atoms with Gasteiger partial charge in [0.2, 0.25) is 5.91 Å². The van der Waals surface area contributed by atoms with Gasteiger partial charge in [0, 0.05) is 31.6 Å². The van der Waals surface area contributed by atoms with Crippen molar-refractivity contribution in [3.05, 3.63) is 30.6 Å². The van der Waals surface area contributed by atoms with Crippen LogP contribution >= 0.6 is 0 Å². The van der Waals surface area contributed by atoms with Gasteiger partial charge >= 0.3 is 0 Å². The van der Waals surface area contributed by atoms with Crippen LogP contribution in [0.3, 0.4) is 0 Å². The van der Waals surface area contributed by atoms with Gasteiger partial charge in [-0.1, -0.05) is 26.0 Å². The lowest BCUT2D eigenvalue weighted by molar-refractivity contribution is -0.139. The maximum absolute atomic E-state index is 12.5. The van der Waals surface area contributed by atoms with Gasteiger partial charge in [-0.05, 0) is 31.2 Å². The SMILES string of the molecule is CCOc1ccc(-n2nnc3c(N4CCN(C(=O)C(C)(C)C)CC4)ncnc32)cc1. The zero-order chi connectivity index (χ0) is 21.3. The number of carbonyl (C=O) groups is 1. The van der Waals surface area contributed by atoms with Gasteiger partial charge in [0.05, 0.1) is 12.3 Å². The number of nitrogens with zero attached hydrogens (tertiary/aromatic N) is 7. The third-order valence-corrected chi connectivity index (χ3v) is 5.12. The van der Waals surface area contributed by atoms with Gasteiger partial charge < -0.3 is 14.5 Å². The second-order valence-electron chi connectivity index (χ2n) is 8.33. The minimum Gasteiger partial charge on any atom is -0.494 e. The van der Waals surface area contributed by atoms with E-state index in [4.69, 9.17) is 4.74 Å². The van der Waals surface area contributed by atoms with Gasteiger partial charge in [-0.15, -0.1) is 5.10 Å². The number of rotatable bonds is 4. The van der Waals surface area contributed by atoms with Crippen LogP contribution in [-0.4, -0.2) is 68.6 Å². The Hall–Kier alpha value is -3.23. The molecule has 0 aliphatic carbocycles. The molecule has 9 heteroatoms. The Morgan fingerprint density at radius 1 is 1.07 bits per heavy atom. The van der Waals surface area contributed by atoms with Crippen LogP contribution < -0.4 is 9.64 Å². The van der Waals surface area contributed by atoms with Gasteiger partial charge in [-0.2, -0.15) is 4.68 Å². The van der Waals surface area contributed by atoms with Crippen molar-refractivity contribution in [1.82, 2.24) is 29.9 Å². The van der Waals surface area contributed by atoms with E-state index in [0.717, 1.165) is 17.3 Å². The summed E-state index contributed by atoms with van der Waals surface area (Å²) >= 11 is 0. The van der Waals surface area contributed by atoms with E-state index in [1.807, 2.05) is 56.9 Å². The third kappa shape index (κ3) is 3.79. The number of ether oxygens (including phenoxy) is 1. The summed E-state index contributed by atoms with van der Waals surface area (Å²) in [5.74, 6) is 1.74. The predicted octanol–water partition coefficient (Wildman–Crippen LogP) is 2.30. The van der Waals surface area contributed by atoms with Gasteiger partial charge in [-0.3, -0.25) is 4.79 Å². The third-order valence-electron chi connectivity index (χ3n) is 5.12. The van der Waals surface area contributed by atoms with Crippen molar-refractivity contribution in [3.8, 4) is 11.4 Å². The summed E-state index contributed by atoms with van der Waals surface area (Å²) in [6.45, 7) is 11.2. The summed E-state index contributed by atoms with van der Waals surface area (Å²) in [4.78, 5) is 25.5. The molecule has 0 bridgehead atoms. The van der Waals surface area contributed by atoms with Crippen LogP contribution in [-0.2, 0) is 4.79 Å². The number of carbonyl (C=O) groups excluding carboxylic acids is 1. The van der Waals surface area contributed by atoms with E-state index in [2.05, 4.69) is 25.2 Å².